The summed E-state index contributed by atoms with van der Waals surface area (Å²) in [5.74, 6) is 1.48. The second-order valence-electron chi connectivity index (χ2n) is 5.52. The maximum Gasteiger partial charge on any atom is 0.123 e. The molecule has 0 saturated carbocycles. The largest absolute Gasteiger partial charge is 0.493 e. The number of hydrogen-bond donors (Lipinski definition) is 1. The molecular weight excluding hydrogens is 252 g/mol. The molecule has 1 fully saturated rings. The quantitative estimate of drug-likeness (QED) is 0.813. The van der Waals surface area contributed by atoms with Crippen molar-refractivity contribution in [2.75, 3.05) is 44.0 Å². The summed E-state index contributed by atoms with van der Waals surface area (Å²) in [4.78, 5) is 2.39. The maximum atomic E-state index is 6.00. The SMILES string of the molecule is CCCOc1cc(N)cc(N2CCCC(COC)C2)c1. The second-order valence-corrected chi connectivity index (χ2v) is 5.52. The van der Waals surface area contributed by atoms with Crippen LogP contribution in [0, 0.1) is 5.92 Å². The molecule has 1 aromatic carbocycles. The van der Waals surface area contributed by atoms with E-state index < -0.39 is 0 Å². The van der Waals surface area contributed by atoms with E-state index >= 15 is 0 Å². The Balaban J connectivity index is 2.08. The van der Waals surface area contributed by atoms with E-state index in [-0.39, 0.29) is 0 Å². The number of methoxy groups -OCH3 is 1. The van der Waals surface area contributed by atoms with Crippen LogP contribution in [0.2, 0.25) is 0 Å². The first kappa shape index (κ1) is 15.0. The first-order valence-corrected chi connectivity index (χ1v) is 7.50. The van der Waals surface area contributed by atoms with Crippen molar-refractivity contribution in [3.05, 3.63) is 18.2 Å². The third-order valence-electron chi connectivity index (χ3n) is 3.67. The summed E-state index contributed by atoms with van der Waals surface area (Å²) in [6, 6.07) is 6.03. The fourth-order valence-electron chi connectivity index (χ4n) is 2.76. The van der Waals surface area contributed by atoms with Crippen molar-refractivity contribution in [2.45, 2.75) is 26.2 Å². The van der Waals surface area contributed by atoms with Crippen molar-refractivity contribution in [3.63, 3.8) is 0 Å². The monoisotopic (exact) mass is 278 g/mol. The lowest BCUT2D eigenvalue weighted by atomic mass is 9.98. The molecule has 4 nitrogen and oxygen atoms in total. The van der Waals surface area contributed by atoms with Crippen LogP contribution in [0.5, 0.6) is 5.75 Å². The first-order chi connectivity index (χ1) is 9.72. The molecular formula is C16H26N2O2. The minimum Gasteiger partial charge on any atom is -0.493 e. The van der Waals surface area contributed by atoms with Crippen LogP contribution in [-0.2, 0) is 4.74 Å². The molecule has 0 radical (unpaired) electrons. The van der Waals surface area contributed by atoms with E-state index in [0.29, 0.717) is 5.92 Å². The summed E-state index contributed by atoms with van der Waals surface area (Å²) in [5.41, 5.74) is 7.93. The summed E-state index contributed by atoms with van der Waals surface area (Å²) in [6.07, 6.45) is 3.45. The van der Waals surface area contributed by atoms with Crippen molar-refractivity contribution in [3.8, 4) is 5.75 Å². The van der Waals surface area contributed by atoms with Crippen LogP contribution >= 0.6 is 0 Å². The number of nitrogen functional groups attached to an aromatic ring is 1. The van der Waals surface area contributed by atoms with Crippen LogP contribution in [0.3, 0.4) is 0 Å². The molecule has 0 spiro atoms. The molecule has 1 atom stereocenters. The van der Waals surface area contributed by atoms with Gasteiger partial charge < -0.3 is 20.1 Å². The lowest BCUT2D eigenvalue weighted by Gasteiger charge is -2.34. The number of rotatable bonds is 6. The predicted octanol–water partition coefficient (Wildman–Crippen LogP) is 2.92. The van der Waals surface area contributed by atoms with Gasteiger partial charge in [-0.25, -0.2) is 0 Å². The maximum absolute atomic E-state index is 6.00. The van der Waals surface area contributed by atoms with Gasteiger partial charge in [0.2, 0.25) is 0 Å². The Hall–Kier alpha value is -1.42. The number of nitrogens with zero attached hydrogens (tertiary/aromatic N) is 1. The highest BCUT2D eigenvalue weighted by Gasteiger charge is 2.20. The van der Waals surface area contributed by atoms with E-state index in [2.05, 4.69) is 17.9 Å². The molecule has 112 valence electrons. The molecule has 1 saturated heterocycles. The van der Waals surface area contributed by atoms with Crippen LogP contribution in [-0.4, -0.2) is 33.4 Å². The van der Waals surface area contributed by atoms with Crippen molar-refractivity contribution in [1.82, 2.24) is 0 Å². The van der Waals surface area contributed by atoms with E-state index in [1.165, 1.54) is 12.8 Å². The zero-order valence-electron chi connectivity index (χ0n) is 12.6. The molecule has 1 aliphatic heterocycles. The summed E-state index contributed by atoms with van der Waals surface area (Å²) in [6.45, 7) is 5.78. The molecule has 20 heavy (non-hydrogen) atoms. The van der Waals surface area contributed by atoms with Crippen molar-refractivity contribution >= 4 is 11.4 Å². The van der Waals surface area contributed by atoms with Crippen LogP contribution < -0.4 is 15.4 Å². The van der Waals surface area contributed by atoms with Gasteiger partial charge in [-0.05, 0) is 31.2 Å². The molecule has 0 bridgehead atoms. The third kappa shape index (κ3) is 4.04. The second kappa shape index (κ2) is 7.39. The van der Waals surface area contributed by atoms with E-state index in [0.717, 1.165) is 49.8 Å². The van der Waals surface area contributed by atoms with Crippen LogP contribution in [0.25, 0.3) is 0 Å². The Morgan fingerprint density at radius 3 is 2.95 bits per heavy atom. The van der Waals surface area contributed by atoms with Crippen molar-refractivity contribution in [1.29, 1.82) is 0 Å². The zero-order valence-corrected chi connectivity index (χ0v) is 12.6. The van der Waals surface area contributed by atoms with E-state index in [4.69, 9.17) is 15.2 Å². The topological polar surface area (TPSA) is 47.7 Å². The predicted molar refractivity (Wildman–Crippen MR) is 83.5 cm³/mol. The molecule has 1 unspecified atom stereocenters. The van der Waals surface area contributed by atoms with Gasteiger partial charge in [0.1, 0.15) is 5.75 Å². The highest BCUT2D eigenvalue weighted by atomic mass is 16.5. The van der Waals surface area contributed by atoms with Crippen LogP contribution in [0.4, 0.5) is 11.4 Å². The van der Waals surface area contributed by atoms with Gasteiger partial charge in [0.25, 0.3) is 0 Å². The highest BCUT2D eigenvalue weighted by molar-refractivity contribution is 5.60. The molecule has 1 aromatic rings. The molecule has 1 heterocycles. The van der Waals surface area contributed by atoms with Crippen LogP contribution in [0.15, 0.2) is 18.2 Å². The number of anilines is 2. The molecule has 2 rings (SSSR count). The summed E-state index contributed by atoms with van der Waals surface area (Å²) < 4.78 is 11.0. The molecule has 0 amide bonds. The summed E-state index contributed by atoms with van der Waals surface area (Å²) in [7, 11) is 1.77. The lowest BCUT2D eigenvalue weighted by Crippen LogP contribution is -2.37. The van der Waals surface area contributed by atoms with Crippen LogP contribution in [0.1, 0.15) is 26.2 Å². The lowest BCUT2D eigenvalue weighted by molar-refractivity contribution is 0.143. The smallest absolute Gasteiger partial charge is 0.123 e. The summed E-state index contributed by atoms with van der Waals surface area (Å²) >= 11 is 0. The van der Waals surface area contributed by atoms with Gasteiger partial charge in [0.05, 0.1) is 13.2 Å². The summed E-state index contributed by atoms with van der Waals surface area (Å²) in [5, 5.41) is 0. The number of nitrogens with two attached hydrogens (primary N) is 1. The standard InChI is InChI=1S/C16H26N2O2/c1-3-7-20-16-9-14(17)8-15(10-16)18-6-4-5-13(11-18)12-19-2/h8-10,13H,3-7,11-12,17H2,1-2H3. The molecule has 4 heteroatoms. The molecule has 1 aliphatic rings. The highest BCUT2D eigenvalue weighted by Crippen LogP contribution is 2.29. The normalized spacial score (nSPS) is 19.1. The van der Waals surface area contributed by atoms with Gasteiger partial charge >= 0.3 is 0 Å². The third-order valence-corrected chi connectivity index (χ3v) is 3.67. The minimum atomic E-state index is 0.607. The van der Waals surface area contributed by atoms with Crippen molar-refractivity contribution < 1.29 is 9.47 Å². The Kier molecular flexibility index (Phi) is 5.53. The Bertz CT molecular complexity index is 421. The number of benzene rings is 1. The molecule has 0 aromatic heterocycles. The van der Waals surface area contributed by atoms with Gasteiger partial charge in [-0.15, -0.1) is 0 Å². The number of piperidine rings is 1. The Morgan fingerprint density at radius 2 is 2.20 bits per heavy atom. The number of ether oxygens (including phenoxy) is 2. The van der Waals surface area contributed by atoms with Gasteiger partial charge in [0.15, 0.2) is 0 Å². The number of hydrogen-bond acceptors (Lipinski definition) is 4. The van der Waals surface area contributed by atoms with Gasteiger partial charge in [-0.3, -0.25) is 0 Å². The van der Waals surface area contributed by atoms with Gasteiger partial charge in [-0.1, -0.05) is 6.92 Å². The first-order valence-electron chi connectivity index (χ1n) is 7.50. The van der Waals surface area contributed by atoms with E-state index in [1.54, 1.807) is 7.11 Å². The fourth-order valence-corrected chi connectivity index (χ4v) is 2.76. The fraction of sp³-hybridized carbons (Fsp3) is 0.625. The Labute approximate surface area is 121 Å². The van der Waals surface area contributed by atoms with Gasteiger partial charge in [0, 0.05) is 43.7 Å². The van der Waals surface area contributed by atoms with Crippen molar-refractivity contribution in [2.24, 2.45) is 5.92 Å². The average Bonchev–Trinajstić information content (AvgIpc) is 2.45. The van der Waals surface area contributed by atoms with E-state index in [1.807, 2.05) is 12.1 Å². The minimum absolute atomic E-state index is 0.607. The zero-order chi connectivity index (χ0) is 14.4. The molecule has 0 aliphatic carbocycles. The van der Waals surface area contributed by atoms with Gasteiger partial charge in [-0.2, -0.15) is 0 Å². The molecule has 2 N–H and O–H groups in total. The van der Waals surface area contributed by atoms with E-state index in [9.17, 15) is 0 Å². The average molecular weight is 278 g/mol. The Morgan fingerprint density at radius 1 is 1.35 bits per heavy atom.